The third-order valence-corrected chi connectivity index (χ3v) is 3.12. The molecule has 0 fully saturated rings. The van der Waals surface area contributed by atoms with E-state index in [0.717, 1.165) is 16.5 Å². The smallest absolute Gasteiger partial charge is 0.355 e. The van der Waals surface area contributed by atoms with Gasteiger partial charge in [-0.15, -0.1) is 11.3 Å². The van der Waals surface area contributed by atoms with E-state index in [1.807, 2.05) is 0 Å². The zero-order valence-corrected chi connectivity index (χ0v) is 8.24. The number of carbonyl (C=O) groups is 1. The van der Waals surface area contributed by atoms with Gasteiger partial charge >= 0.3 is 5.97 Å². The second-order valence-corrected chi connectivity index (χ2v) is 4.29. The molecular weight excluding hydrogens is 194 g/mol. The minimum absolute atomic E-state index is 0.159. The minimum Gasteiger partial charge on any atom is -0.476 e. The molecule has 0 saturated heterocycles. The standard InChI is InChI=1S/C7H9NO2S2/c1-2-11-4-6-8-5(3-12-6)7(9)10/h3H,2,4H2,1H3,(H,9,10). The molecule has 1 heterocycles. The molecule has 0 bridgehead atoms. The lowest BCUT2D eigenvalue weighted by atomic mass is 10.5. The van der Waals surface area contributed by atoms with Crippen LogP contribution in [0.15, 0.2) is 5.38 Å². The van der Waals surface area contributed by atoms with Gasteiger partial charge in [-0.05, 0) is 5.75 Å². The summed E-state index contributed by atoms with van der Waals surface area (Å²) in [4.78, 5) is 14.4. The molecule has 1 aromatic rings. The van der Waals surface area contributed by atoms with Crippen molar-refractivity contribution in [2.24, 2.45) is 0 Å². The second-order valence-electron chi connectivity index (χ2n) is 2.07. The highest BCUT2D eigenvalue weighted by Gasteiger charge is 2.07. The lowest BCUT2D eigenvalue weighted by molar-refractivity contribution is 0.0691. The third kappa shape index (κ3) is 2.49. The lowest BCUT2D eigenvalue weighted by Crippen LogP contribution is -1.96. The number of rotatable bonds is 4. The maximum Gasteiger partial charge on any atom is 0.355 e. The van der Waals surface area contributed by atoms with Gasteiger partial charge in [0.25, 0.3) is 0 Å². The van der Waals surface area contributed by atoms with Gasteiger partial charge in [0.15, 0.2) is 5.69 Å². The van der Waals surface area contributed by atoms with E-state index in [2.05, 4.69) is 11.9 Å². The van der Waals surface area contributed by atoms with Gasteiger partial charge in [-0.1, -0.05) is 6.92 Å². The number of aromatic carboxylic acids is 1. The summed E-state index contributed by atoms with van der Waals surface area (Å²) < 4.78 is 0. The Labute approximate surface area is 78.8 Å². The molecule has 0 aliphatic rings. The quantitative estimate of drug-likeness (QED) is 0.814. The Morgan fingerprint density at radius 1 is 1.83 bits per heavy atom. The van der Waals surface area contributed by atoms with Crippen LogP contribution in [0.1, 0.15) is 22.4 Å². The number of hydrogen-bond acceptors (Lipinski definition) is 4. The largest absolute Gasteiger partial charge is 0.476 e. The Kier molecular flexibility index (Phi) is 3.55. The fourth-order valence-electron chi connectivity index (χ4n) is 0.665. The van der Waals surface area contributed by atoms with Crippen molar-refractivity contribution in [3.63, 3.8) is 0 Å². The number of aromatic nitrogens is 1. The Morgan fingerprint density at radius 2 is 2.58 bits per heavy atom. The maximum absolute atomic E-state index is 10.4. The first kappa shape index (κ1) is 9.54. The van der Waals surface area contributed by atoms with Crippen molar-refractivity contribution >= 4 is 29.1 Å². The van der Waals surface area contributed by atoms with E-state index in [-0.39, 0.29) is 5.69 Å². The SMILES string of the molecule is CCSCc1nc(C(=O)O)cs1. The fraction of sp³-hybridized carbons (Fsp3) is 0.429. The molecule has 0 aromatic carbocycles. The first-order valence-electron chi connectivity index (χ1n) is 3.49. The van der Waals surface area contributed by atoms with Crippen LogP contribution in [0.25, 0.3) is 0 Å². The zero-order valence-electron chi connectivity index (χ0n) is 6.61. The first-order valence-corrected chi connectivity index (χ1v) is 5.53. The van der Waals surface area contributed by atoms with E-state index in [4.69, 9.17) is 5.11 Å². The van der Waals surface area contributed by atoms with E-state index >= 15 is 0 Å². The van der Waals surface area contributed by atoms with Gasteiger partial charge in [0.1, 0.15) is 5.01 Å². The summed E-state index contributed by atoms with van der Waals surface area (Å²) in [7, 11) is 0. The molecule has 5 heteroatoms. The van der Waals surface area contributed by atoms with Gasteiger partial charge in [-0.25, -0.2) is 9.78 Å². The monoisotopic (exact) mass is 203 g/mol. The predicted molar refractivity (Wildman–Crippen MR) is 50.9 cm³/mol. The summed E-state index contributed by atoms with van der Waals surface area (Å²) in [6.45, 7) is 2.07. The van der Waals surface area contributed by atoms with E-state index in [1.54, 1.807) is 17.1 Å². The number of nitrogens with zero attached hydrogens (tertiary/aromatic N) is 1. The molecule has 0 atom stereocenters. The van der Waals surface area contributed by atoms with Crippen LogP contribution in [0.5, 0.6) is 0 Å². The predicted octanol–water partition coefficient (Wildman–Crippen LogP) is 2.09. The third-order valence-electron chi connectivity index (χ3n) is 1.20. The Balaban J connectivity index is 2.58. The van der Waals surface area contributed by atoms with Crippen molar-refractivity contribution in [3.8, 4) is 0 Å². The van der Waals surface area contributed by atoms with Gasteiger partial charge < -0.3 is 5.11 Å². The Hall–Kier alpha value is -0.550. The number of hydrogen-bond donors (Lipinski definition) is 1. The van der Waals surface area contributed by atoms with E-state index < -0.39 is 5.97 Å². The van der Waals surface area contributed by atoms with Crippen molar-refractivity contribution in [3.05, 3.63) is 16.1 Å². The van der Waals surface area contributed by atoms with Crippen LogP contribution in [-0.4, -0.2) is 21.8 Å². The number of thioether (sulfide) groups is 1. The van der Waals surface area contributed by atoms with Crippen molar-refractivity contribution in [1.82, 2.24) is 4.98 Å². The fourth-order valence-corrected chi connectivity index (χ4v) is 2.18. The molecule has 1 rings (SSSR count). The molecule has 0 aliphatic heterocycles. The van der Waals surface area contributed by atoms with Gasteiger partial charge in [-0.3, -0.25) is 0 Å². The van der Waals surface area contributed by atoms with E-state index in [9.17, 15) is 4.79 Å². The average Bonchev–Trinajstić information content (AvgIpc) is 2.48. The summed E-state index contributed by atoms with van der Waals surface area (Å²) in [5.41, 5.74) is 0.159. The van der Waals surface area contributed by atoms with E-state index in [0.29, 0.717) is 0 Å². The van der Waals surface area contributed by atoms with Crippen molar-refractivity contribution in [1.29, 1.82) is 0 Å². The van der Waals surface area contributed by atoms with Crippen molar-refractivity contribution in [2.45, 2.75) is 12.7 Å². The highest BCUT2D eigenvalue weighted by molar-refractivity contribution is 7.98. The molecule has 0 spiro atoms. The molecule has 0 amide bonds. The number of carboxylic acid groups (broad SMARTS) is 1. The second kappa shape index (κ2) is 4.47. The van der Waals surface area contributed by atoms with Crippen molar-refractivity contribution < 1.29 is 9.90 Å². The normalized spacial score (nSPS) is 10.1. The maximum atomic E-state index is 10.4. The summed E-state index contributed by atoms with van der Waals surface area (Å²) in [5.74, 6) is 0.898. The average molecular weight is 203 g/mol. The summed E-state index contributed by atoms with van der Waals surface area (Å²) in [5, 5.41) is 11.0. The van der Waals surface area contributed by atoms with Gasteiger partial charge in [0, 0.05) is 11.1 Å². The molecular formula is C7H9NO2S2. The summed E-state index contributed by atoms with van der Waals surface area (Å²) in [6.07, 6.45) is 0. The molecule has 1 N–H and O–H groups in total. The van der Waals surface area contributed by atoms with Crippen LogP contribution in [0, 0.1) is 0 Å². The van der Waals surface area contributed by atoms with Crippen LogP contribution in [0.4, 0.5) is 0 Å². The summed E-state index contributed by atoms with van der Waals surface area (Å²) in [6, 6.07) is 0. The topological polar surface area (TPSA) is 50.2 Å². The molecule has 0 aliphatic carbocycles. The highest BCUT2D eigenvalue weighted by Crippen LogP contribution is 2.16. The number of carboxylic acids is 1. The molecule has 0 unspecified atom stereocenters. The van der Waals surface area contributed by atoms with Crippen LogP contribution >= 0.6 is 23.1 Å². The minimum atomic E-state index is -0.945. The lowest BCUT2D eigenvalue weighted by Gasteiger charge is -1.90. The van der Waals surface area contributed by atoms with Gasteiger partial charge in [0.05, 0.1) is 0 Å². The number of thiazole rings is 1. The molecule has 66 valence electrons. The van der Waals surface area contributed by atoms with Crippen LogP contribution < -0.4 is 0 Å². The highest BCUT2D eigenvalue weighted by atomic mass is 32.2. The summed E-state index contributed by atoms with van der Waals surface area (Å²) >= 11 is 3.15. The molecule has 12 heavy (non-hydrogen) atoms. The van der Waals surface area contributed by atoms with Crippen LogP contribution in [0.3, 0.4) is 0 Å². The van der Waals surface area contributed by atoms with Gasteiger partial charge in [0.2, 0.25) is 0 Å². The Bertz CT molecular complexity index is 272. The molecule has 3 nitrogen and oxygen atoms in total. The molecule has 0 saturated carbocycles. The van der Waals surface area contributed by atoms with Crippen LogP contribution in [-0.2, 0) is 5.75 Å². The van der Waals surface area contributed by atoms with E-state index in [1.165, 1.54) is 11.3 Å². The Morgan fingerprint density at radius 3 is 3.08 bits per heavy atom. The molecule has 1 aromatic heterocycles. The first-order chi connectivity index (χ1) is 5.74. The zero-order chi connectivity index (χ0) is 8.97. The van der Waals surface area contributed by atoms with Crippen LogP contribution in [0.2, 0.25) is 0 Å². The molecule has 0 radical (unpaired) electrons. The van der Waals surface area contributed by atoms with Gasteiger partial charge in [-0.2, -0.15) is 11.8 Å². The van der Waals surface area contributed by atoms with Crippen molar-refractivity contribution in [2.75, 3.05) is 5.75 Å².